The molecule has 0 bridgehead atoms. The summed E-state index contributed by atoms with van der Waals surface area (Å²) in [6, 6.07) is 6.91. The molecule has 0 fully saturated rings. The zero-order valence-electron chi connectivity index (χ0n) is 10.5. The summed E-state index contributed by atoms with van der Waals surface area (Å²) in [5.41, 5.74) is 0.585. The molecule has 0 amide bonds. The summed E-state index contributed by atoms with van der Waals surface area (Å²) < 4.78 is 5.46. The first kappa shape index (κ1) is 13.3. The number of carbonyl (C=O) groups is 1. The van der Waals surface area contributed by atoms with E-state index in [0.717, 1.165) is 0 Å². The van der Waals surface area contributed by atoms with Crippen molar-refractivity contribution in [1.29, 1.82) is 0 Å². The van der Waals surface area contributed by atoms with Gasteiger partial charge in [0.25, 0.3) is 0 Å². The first-order chi connectivity index (χ1) is 10.1. The third-order valence-corrected chi connectivity index (χ3v) is 2.93. The van der Waals surface area contributed by atoms with Gasteiger partial charge < -0.3 is 9.84 Å². The van der Waals surface area contributed by atoms with Crippen molar-refractivity contribution in [3.8, 4) is 11.6 Å². The SMILES string of the molecule is O=C(O)c1c(Oc2cncc(Cl)n2)cnc2ccccc12. The fraction of sp³-hybridized carbons (Fsp3) is 0. The number of hydrogen-bond acceptors (Lipinski definition) is 5. The number of halogens is 1. The molecule has 0 atom stereocenters. The Bertz CT molecular complexity index is 839. The molecule has 0 saturated heterocycles. The molecule has 104 valence electrons. The molecule has 0 unspecified atom stereocenters. The average Bonchev–Trinajstić information content (AvgIpc) is 2.46. The lowest BCUT2D eigenvalue weighted by Crippen LogP contribution is -2.03. The highest BCUT2D eigenvalue weighted by Crippen LogP contribution is 2.29. The fourth-order valence-electron chi connectivity index (χ4n) is 1.91. The Morgan fingerprint density at radius 1 is 1.19 bits per heavy atom. The standard InChI is InChI=1S/C14H8ClN3O3/c15-11-6-16-7-12(18-11)21-10-5-17-9-4-2-1-3-8(9)13(10)14(19)20/h1-7H,(H,19,20). The lowest BCUT2D eigenvalue weighted by Gasteiger charge is -2.09. The van der Waals surface area contributed by atoms with E-state index in [-0.39, 0.29) is 22.3 Å². The van der Waals surface area contributed by atoms with E-state index in [4.69, 9.17) is 16.3 Å². The molecule has 7 heteroatoms. The van der Waals surface area contributed by atoms with E-state index < -0.39 is 5.97 Å². The van der Waals surface area contributed by atoms with Crippen molar-refractivity contribution in [2.24, 2.45) is 0 Å². The van der Waals surface area contributed by atoms with Crippen LogP contribution < -0.4 is 4.74 Å². The van der Waals surface area contributed by atoms with Crippen LogP contribution in [-0.4, -0.2) is 26.0 Å². The summed E-state index contributed by atoms with van der Waals surface area (Å²) >= 11 is 5.72. The van der Waals surface area contributed by atoms with Crippen LogP contribution in [0, 0.1) is 0 Å². The highest BCUT2D eigenvalue weighted by Gasteiger charge is 2.17. The number of hydrogen-bond donors (Lipinski definition) is 1. The minimum atomic E-state index is -1.11. The monoisotopic (exact) mass is 301 g/mol. The normalized spacial score (nSPS) is 10.5. The van der Waals surface area contributed by atoms with Crippen molar-refractivity contribution < 1.29 is 14.6 Å². The lowest BCUT2D eigenvalue weighted by molar-refractivity contribution is 0.0696. The molecule has 0 spiro atoms. The van der Waals surface area contributed by atoms with E-state index >= 15 is 0 Å². The van der Waals surface area contributed by atoms with Crippen LogP contribution in [0.2, 0.25) is 5.15 Å². The molecule has 1 aromatic carbocycles. The second-order valence-corrected chi connectivity index (χ2v) is 4.49. The summed E-state index contributed by atoms with van der Waals surface area (Å²) in [6.07, 6.45) is 4.03. The average molecular weight is 302 g/mol. The Morgan fingerprint density at radius 3 is 2.76 bits per heavy atom. The summed E-state index contributed by atoms with van der Waals surface area (Å²) in [6.45, 7) is 0. The van der Waals surface area contributed by atoms with E-state index in [0.29, 0.717) is 10.9 Å². The van der Waals surface area contributed by atoms with E-state index in [1.165, 1.54) is 18.6 Å². The number of rotatable bonds is 3. The molecule has 3 rings (SSSR count). The Hall–Kier alpha value is -2.73. The largest absolute Gasteiger partial charge is 0.478 e. The van der Waals surface area contributed by atoms with Gasteiger partial charge in [-0.15, -0.1) is 0 Å². The highest BCUT2D eigenvalue weighted by molar-refractivity contribution is 6.29. The minimum Gasteiger partial charge on any atom is -0.478 e. The van der Waals surface area contributed by atoms with Crippen molar-refractivity contribution in [2.45, 2.75) is 0 Å². The maximum absolute atomic E-state index is 11.5. The smallest absolute Gasteiger partial charge is 0.340 e. The second-order valence-electron chi connectivity index (χ2n) is 4.10. The van der Waals surface area contributed by atoms with Crippen molar-refractivity contribution >= 4 is 28.5 Å². The number of carboxylic acids is 1. The molecule has 3 aromatic rings. The number of aromatic nitrogens is 3. The van der Waals surface area contributed by atoms with Crippen molar-refractivity contribution in [2.75, 3.05) is 0 Å². The van der Waals surface area contributed by atoms with Crippen molar-refractivity contribution in [3.05, 3.63) is 53.6 Å². The van der Waals surface area contributed by atoms with Crippen LogP contribution >= 0.6 is 11.6 Å². The molecule has 0 aliphatic rings. The second kappa shape index (κ2) is 5.34. The molecule has 1 N–H and O–H groups in total. The molecular weight excluding hydrogens is 294 g/mol. The third-order valence-electron chi connectivity index (χ3n) is 2.75. The molecular formula is C14H8ClN3O3. The van der Waals surface area contributed by atoms with Crippen LogP contribution in [0.15, 0.2) is 42.9 Å². The minimum absolute atomic E-state index is 0.0161. The highest BCUT2D eigenvalue weighted by atomic mass is 35.5. The molecule has 21 heavy (non-hydrogen) atoms. The Balaban J connectivity index is 2.14. The number of para-hydroxylation sites is 1. The van der Waals surface area contributed by atoms with Gasteiger partial charge in [-0.3, -0.25) is 9.97 Å². The fourth-order valence-corrected chi connectivity index (χ4v) is 2.05. The Morgan fingerprint density at radius 2 is 2.00 bits per heavy atom. The molecule has 2 heterocycles. The zero-order chi connectivity index (χ0) is 14.8. The number of nitrogens with zero attached hydrogens (tertiary/aromatic N) is 3. The van der Waals surface area contributed by atoms with Gasteiger partial charge in [-0.2, -0.15) is 4.98 Å². The van der Waals surface area contributed by atoms with Crippen LogP contribution in [0.25, 0.3) is 10.9 Å². The first-order valence-corrected chi connectivity index (χ1v) is 6.29. The van der Waals surface area contributed by atoms with Crippen molar-refractivity contribution in [1.82, 2.24) is 15.0 Å². The van der Waals surface area contributed by atoms with Crippen LogP contribution in [0.4, 0.5) is 0 Å². The predicted octanol–water partition coefficient (Wildman–Crippen LogP) is 3.17. The summed E-state index contributed by atoms with van der Waals surface area (Å²) in [5, 5.41) is 10.1. The number of ether oxygens (including phenoxy) is 1. The molecule has 0 aliphatic carbocycles. The van der Waals surface area contributed by atoms with Gasteiger partial charge in [0.1, 0.15) is 5.56 Å². The Labute approximate surface area is 124 Å². The number of fused-ring (bicyclic) bond motifs is 1. The Kier molecular flexibility index (Phi) is 3.37. The van der Waals surface area contributed by atoms with Gasteiger partial charge in [0, 0.05) is 5.39 Å². The number of aromatic carboxylic acids is 1. The number of benzene rings is 1. The van der Waals surface area contributed by atoms with Crippen LogP contribution in [0.1, 0.15) is 10.4 Å². The zero-order valence-corrected chi connectivity index (χ0v) is 11.3. The topological polar surface area (TPSA) is 85.2 Å². The number of pyridine rings is 1. The summed E-state index contributed by atoms with van der Waals surface area (Å²) in [7, 11) is 0. The molecule has 6 nitrogen and oxygen atoms in total. The third kappa shape index (κ3) is 2.61. The van der Waals surface area contributed by atoms with E-state index in [1.807, 2.05) is 0 Å². The molecule has 0 radical (unpaired) electrons. The first-order valence-electron chi connectivity index (χ1n) is 5.91. The van der Waals surface area contributed by atoms with Gasteiger partial charge in [-0.05, 0) is 6.07 Å². The van der Waals surface area contributed by atoms with E-state index in [1.54, 1.807) is 24.3 Å². The van der Waals surface area contributed by atoms with Crippen LogP contribution in [0.3, 0.4) is 0 Å². The lowest BCUT2D eigenvalue weighted by atomic mass is 10.1. The van der Waals surface area contributed by atoms with E-state index in [2.05, 4.69) is 15.0 Å². The van der Waals surface area contributed by atoms with Crippen LogP contribution in [0.5, 0.6) is 11.6 Å². The number of carboxylic acid groups (broad SMARTS) is 1. The molecule has 0 saturated carbocycles. The van der Waals surface area contributed by atoms with Gasteiger partial charge in [0.2, 0.25) is 5.88 Å². The van der Waals surface area contributed by atoms with Gasteiger partial charge in [0.05, 0.1) is 24.1 Å². The summed E-state index contributed by atoms with van der Waals surface area (Å²) in [5.74, 6) is -0.932. The van der Waals surface area contributed by atoms with Gasteiger partial charge in [-0.25, -0.2) is 4.79 Å². The van der Waals surface area contributed by atoms with Gasteiger partial charge in [0.15, 0.2) is 10.9 Å². The predicted molar refractivity (Wildman–Crippen MR) is 75.8 cm³/mol. The maximum atomic E-state index is 11.5. The van der Waals surface area contributed by atoms with E-state index in [9.17, 15) is 9.90 Å². The summed E-state index contributed by atoms with van der Waals surface area (Å²) in [4.78, 5) is 23.4. The van der Waals surface area contributed by atoms with Gasteiger partial charge in [-0.1, -0.05) is 29.8 Å². The van der Waals surface area contributed by atoms with Gasteiger partial charge >= 0.3 is 5.97 Å². The maximum Gasteiger partial charge on any atom is 0.340 e. The molecule has 2 aromatic heterocycles. The van der Waals surface area contributed by atoms with Crippen molar-refractivity contribution in [3.63, 3.8) is 0 Å². The molecule has 0 aliphatic heterocycles. The van der Waals surface area contributed by atoms with Crippen LogP contribution in [-0.2, 0) is 0 Å². The quantitative estimate of drug-likeness (QED) is 0.799.